The molecule has 14 heteroatoms. The van der Waals surface area contributed by atoms with Gasteiger partial charge in [-0.25, -0.2) is 25.3 Å². The molecule has 0 aromatic heterocycles. The van der Waals surface area contributed by atoms with Crippen molar-refractivity contribution in [3.63, 3.8) is 0 Å². The highest BCUT2D eigenvalue weighted by atomic mass is 32.2. The van der Waals surface area contributed by atoms with Crippen LogP contribution in [0.3, 0.4) is 0 Å². The number of hydrogen-bond acceptors (Lipinski definition) is 11. The molecule has 11 nitrogen and oxygen atoms in total. The summed E-state index contributed by atoms with van der Waals surface area (Å²) in [5.74, 6) is 0.168. The molecule has 60 heavy (non-hydrogen) atoms. The van der Waals surface area contributed by atoms with Crippen LogP contribution >= 0.6 is 0 Å². The number of sulfone groups is 1. The minimum absolute atomic E-state index is 0.161. The Balaban J connectivity index is 1.24. The van der Waals surface area contributed by atoms with Crippen LogP contribution in [0.4, 0.5) is 0 Å². The van der Waals surface area contributed by atoms with Gasteiger partial charge in [0, 0.05) is 10.8 Å². The first kappa shape index (κ1) is 43.8. The van der Waals surface area contributed by atoms with Crippen LogP contribution in [0.25, 0.3) is 0 Å². The van der Waals surface area contributed by atoms with E-state index in [-0.39, 0.29) is 16.9 Å². The first-order chi connectivity index (χ1) is 28.1. The number of ether oxygens (including phenoxy) is 3. The van der Waals surface area contributed by atoms with E-state index in [0.717, 1.165) is 52.1 Å². The largest absolute Gasteiger partial charge is 0.744 e. The molecule has 312 valence electrons. The lowest BCUT2D eigenvalue weighted by Crippen LogP contribution is -2.18. The third kappa shape index (κ3) is 9.48. The predicted octanol–water partition coefficient (Wildman–Crippen LogP) is 9.44. The van der Waals surface area contributed by atoms with Gasteiger partial charge in [0.1, 0.15) is 55.6 Å². The summed E-state index contributed by atoms with van der Waals surface area (Å²) in [6.07, 6.45) is 1.65. The van der Waals surface area contributed by atoms with Gasteiger partial charge in [0.05, 0.1) is 19.6 Å². The van der Waals surface area contributed by atoms with E-state index in [1.807, 2.05) is 69.3 Å². The fourth-order valence-corrected chi connectivity index (χ4v) is 9.28. The minimum atomic E-state index is -5.32. The summed E-state index contributed by atoms with van der Waals surface area (Å²) in [6.45, 7) is 14.2. The molecule has 6 aromatic rings. The van der Waals surface area contributed by atoms with Crippen LogP contribution < -0.4 is 14.2 Å². The van der Waals surface area contributed by atoms with Gasteiger partial charge in [0.25, 0.3) is 0 Å². The van der Waals surface area contributed by atoms with Crippen LogP contribution in [0.15, 0.2) is 166 Å². The highest BCUT2D eigenvalue weighted by molar-refractivity contribution is 7.91. The van der Waals surface area contributed by atoms with Crippen LogP contribution in [0.5, 0.6) is 28.7 Å². The normalized spacial score (nSPS) is 12.4. The Kier molecular flexibility index (Phi) is 12.2. The van der Waals surface area contributed by atoms with Crippen molar-refractivity contribution in [1.82, 2.24) is 0 Å². The topological polar surface area (TPSA) is 176 Å². The van der Waals surface area contributed by atoms with E-state index < -0.39 is 66.6 Å². The molecule has 0 saturated carbocycles. The second-order valence-corrected chi connectivity index (χ2v) is 19.8. The number of rotatable bonds is 15. The molecule has 6 rings (SSSR count). The molecular formula is C46H42O11S3-2. The molecule has 0 fully saturated rings. The average molecular weight is 867 g/mol. The Morgan fingerprint density at radius 3 is 1.18 bits per heavy atom. The van der Waals surface area contributed by atoms with Gasteiger partial charge in [-0.15, -0.1) is 0 Å². The van der Waals surface area contributed by atoms with Crippen molar-refractivity contribution in [1.29, 1.82) is 0 Å². The van der Waals surface area contributed by atoms with Crippen molar-refractivity contribution in [2.24, 2.45) is 0 Å². The molecular weight excluding hydrogens is 825 g/mol. The lowest BCUT2D eigenvalue weighted by atomic mass is 9.78. The molecule has 0 N–H and O–H groups in total. The molecule has 0 unspecified atom stereocenters. The Labute approximate surface area is 351 Å². The van der Waals surface area contributed by atoms with E-state index in [2.05, 4.69) is 20.4 Å². The summed E-state index contributed by atoms with van der Waals surface area (Å²) in [7, 11) is -15.3. The van der Waals surface area contributed by atoms with Crippen LogP contribution in [0.2, 0.25) is 0 Å². The Morgan fingerprint density at radius 2 is 0.850 bits per heavy atom. The van der Waals surface area contributed by atoms with Gasteiger partial charge in [-0.05, 0) is 102 Å². The number of benzene rings is 6. The van der Waals surface area contributed by atoms with Gasteiger partial charge < -0.3 is 23.3 Å². The van der Waals surface area contributed by atoms with Crippen LogP contribution in [-0.2, 0) is 40.9 Å². The number of hydrogen-bond donors (Lipinski definition) is 0. The van der Waals surface area contributed by atoms with Crippen molar-refractivity contribution in [3.8, 4) is 28.7 Å². The lowest BCUT2D eigenvalue weighted by Gasteiger charge is -2.26. The van der Waals surface area contributed by atoms with Gasteiger partial charge in [-0.1, -0.05) is 107 Å². The highest BCUT2D eigenvalue weighted by Gasteiger charge is 2.27. The molecule has 0 bridgehead atoms. The van der Waals surface area contributed by atoms with Gasteiger partial charge in [-0.2, -0.15) is 0 Å². The van der Waals surface area contributed by atoms with Crippen molar-refractivity contribution < 1.29 is 48.6 Å². The summed E-state index contributed by atoms with van der Waals surface area (Å²) < 4.78 is 120. The van der Waals surface area contributed by atoms with Crippen LogP contribution in [0.1, 0.15) is 55.5 Å². The zero-order valence-corrected chi connectivity index (χ0v) is 35.9. The van der Waals surface area contributed by atoms with Crippen LogP contribution in [0, 0.1) is 6.92 Å². The third-order valence-corrected chi connectivity index (χ3v) is 13.8. The van der Waals surface area contributed by atoms with Crippen molar-refractivity contribution in [3.05, 3.63) is 174 Å². The SMILES string of the molecule is C=CCOc1ccc(C(C)(C)c2ccc(Oc3ccc(S(=O)(=O)c4ccc(Oc5ccc(C(C)(C)c6ccc(C)cc6)cc5)c(S(=O)(=O)[O-])c4)cc3S(=O)(=O)[O-])cc2)cc1. The van der Waals surface area contributed by atoms with Crippen molar-refractivity contribution in [2.45, 2.75) is 65.0 Å². The molecule has 0 atom stereocenters. The minimum Gasteiger partial charge on any atom is -0.744 e. The van der Waals surface area contributed by atoms with Gasteiger partial charge in [-0.3, -0.25) is 0 Å². The van der Waals surface area contributed by atoms with Gasteiger partial charge >= 0.3 is 0 Å². The van der Waals surface area contributed by atoms with E-state index in [1.54, 1.807) is 54.6 Å². The summed E-state index contributed by atoms with van der Waals surface area (Å²) in [5, 5.41) is 0. The maximum absolute atomic E-state index is 13.8. The summed E-state index contributed by atoms with van der Waals surface area (Å²) in [5.41, 5.74) is 4.15. The zero-order valence-electron chi connectivity index (χ0n) is 33.4. The van der Waals surface area contributed by atoms with E-state index in [4.69, 9.17) is 14.2 Å². The molecule has 6 aromatic carbocycles. The molecule has 0 saturated heterocycles. The van der Waals surface area contributed by atoms with Crippen molar-refractivity contribution in [2.75, 3.05) is 6.61 Å². The average Bonchev–Trinajstić information content (AvgIpc) is 3.20. The summed E-state index contributed by atoms with van der Waals surface area (Å²) in [6, 6.07) is 34.5. The maximum Gasteiger partial charge on any atom is 0.206 e. The van der Waals surface area contributed by atoms with E-state index in [1.165, 1.54) is 0 Å². The van der Waals surface area contributed by atoms with E-state index >= 15 is 0 Å². The van der Waals surface area contributed by atoms with Crippen LogP contribution in [-0.4, -0.2) is 41.0 Å². The molecule has 0 aliphatic heterocycles. The molecule has 0 heterocycles. The quantitative estimate of drug-likeness (QED) is 0.0710. The van der Waals surface area contributed by atoms with Crippen molar-refractivity contribution >= 4 is 30.1 Å². The fourth-order valence-electron chi connectivity index (χ4n) is 6.57. The van der Waals surface area contributed by atoms with E-state index in [0.29, 0.717) is 24.5 Å². The third-order valence-electron chi connectivity index (χ3n) is 10.3. The Morgan fingerprint density at radius 1 is 0.517 bits per heavy atom. The van der Waals surface area contributed by atoms with Gasteiger partial charge in [0.15, 0.2) is 0 Å². The predicted molar refractivity (Wildman–Crippen MR) is 225 cm³/mol. The Hall–Kier alpha value is -5.77. The lowest BCUT2D eigenvalue weighted by molar-refractivity contribution is 0.363. The second-order valence-electron chi connectivity index (χ2n) is 15.1. The standard InChI is InChI=1S/C46H44O11S3/c1-7-28-55-36-18-12-33(13-19-36)46(5,6)35-16-22-38(23-17-35)57-42-27-25-40(30-44(42)60(52,53)54)58(47,48)39-24-26-41(43(29-39)59(49,50)51)56-37-20-14-34(15-21-37)45(3,4)32-10-8-31(2)9-11-32/h7-27,29-30H,1,28H2,2-6H3,(H,49,50,51)(H,52,53,54)/p-2. The summed E-state index contributed by atoms with van der Waals surface area (Å²) >= 11 is 0. The molecule has 0 radical (unpaired) electrons. The molecule has 0 amide bonds. The smallest absolute Gasteiger partial charge is 0.206 e. The van der Waals surface area contributed by atoms with E-state index in [9.17, 15) is 34.4 Å². The zero-order chi connectivity index (χ0) is 43.7. The highest BCUT2D eigenvalue weighted by Crippen LogP contribution is 2.39. The van der Waals surface area contributed by atoms with Gasteiger partial charge in [0.2, 0.25) is 9.84 Å². The monoisotopic (exact) mass is 866 g/mol. The maximum atomic E-state index is 13.8. The Bertz CT molecular complexity index is 2870. The first-order valence-corrected chi connectivity index (χ1v) is 22.8. The second kappa shape index (κ2) is 16.7. The summed E-state index contributed by atoms with van der Waals surface area (Å²) in [4.78, 5) is -3.28. The number of aryl methyl sites for hydroxylation is 1. The molecule has 0 spiro atoms. The molecule has 0 aliphatic carbocycles. The fraction of sp³-hybridized carbons (Fsp3) is 0.174. The molecule has 0 aliphatic rings. The first-order valence-electron chi connectivity index (χ1n) is 18.5.